The number of hydrogen-bond acceptors (Lipinski definition) is 3. The first-order valence-electron chi connectivity index (χ1n) is 6.87. The van der Waals surface area contributed by atoms with E-state index in [4.69, 9.17) is 14.6 Å². The molecule has 2 aromatic carbocycles. The van der Waals surface area contributed by atoms with Gasteiger partial charge in [-0.2, -0.15) is 0 Å². The number of hydrogen-bond donors (Lipinski definition) is 1. The Labute approximate surface area is 122 Å². The van der Waals surface area contributed by atoms with Crippen LogP contribution in [0, 0.1) is 5.92 Å². The SMILES string of the molecule is CC1COc2ccc(-c3ccc(C(=O)O)cc3)cc2OC1. The Hall–Kier alpha value is -2.49. The molecule has 0 bridgehead atoms. The smallest absolute Gasteiger partial charge is 0.335 e. The molecule has 1 aliphatic rings. The summed E-state index contributed by atoms with van der Waals surface area (Å²) in [7, 11) is 0. The molecule has 0 saturated heterocycles. The van der Waals surface area contributed by atoms with Gasteiger partial charge in [0.1, 0.15) is 0 Å². The number of carbonyl (C=O) groups is 1. The van der Waals surface area contributed by atoms with E-state index >= 15 is 0 Å². The van der Waals surface area contributed by atoms with Gasteiger partial charge in [-0.25, -0.2) is 4.79 Å². The van der Waals surface area contributed by atoms with Crippen LogP contribution in [0.4, 0.5) is 0 Å². The molecule has 0 saturated carbocycles. The van der Waals surface area contributed by atoms with Crippen molar-refractivity contribution in [3.8, 4) is 22.6 Å². The van der Waals surface area contributed by atoms with Crippen LogP contribution in [0.1, 0.15) is 17.3 Å². The van der Waals surface area contributed by atoms with Crippen molar-refractivity contribution in [2.24, 2.45) is 5.92 Å². The topological polar surface area (TPSA) is 55.8 Å². The fraction of sp³-hybridized carbons (Fsp3) is 0.235. The minimum absolute atomic E-state index is 0.280. The number of ether oxygens (including phenoxy) is 2. The second kappa shape index (κ2) is 5.48. The van der Waals surface area contributed by atoms with Gasteiger partial charge in [0, 0.05) is 5.92 Å². The molecule has 2 aromatic rings. The summed E-state index contributed by atoms with van der Waals surface area (Å²) in [6.45, 7) is 3.37. The molecule has 108 valence electrons. The maximum absolute atomic E-state index is 10.9. The summed E-state index contributed by atoms with van der Waals surface area (Å²) in [5.41, 5.74) is 2.20. The molecule has 0 aliphatic carbocycles. The van der Waals surface area contributed by atoms with Gasteiger partial charge >= 0.3 is 5.97 Å². The average Bonchev–Trinajstić information content (AvgIpc) is 2.69. The zero-order valence-electron chi connectivity index (χ0n) is 11.7. The Bertz CT molecular complexity index is 661. The zero-order chi connectivity index (χ0) is 14.8. The van der Waals surface area contributed by atoms with Crippen LogP contribution in [0.15, 0.2) is 42.5 Å². The van der Waals surface area contributed by atoms with Gasteiger partial charge in [0.25, 0.3) is 0 Å². The molecule has 1 unspecified atom stereocenters. The van der Waals surface area contributed by atoms with Crippen LogP contribution in [0.3, 0.4) is 0 Å². The third kappa shape index (κ3) is 2.84. The summed E-state index contributed by atoms with van der Waals surface area (Å²) >= 11 is 0. The molecule has 0 amide bonds. The number of benzene rings is 2. The molecule has 0 fully saturated rings. The lowest BCUT2D eigenvalue weighted by Gasteiger charge is -2.09. The highest BCUT2D eigenvalue weighted by atomic mass is 16.5. The van der Waals surface area contributed by atoms with Crippen molar-refractivity contribution in [1.82, 2.24) is 0 Å². The molecule has 0 radical (unpaired) electrons. The van der Waals surface area contributed by atoms with Crippen LogP contribution < -0.4 is 9.47 Å². The van der Waals surface area contributed by atoms with Crippen LogP contribution in [-0.4, -0.2) is 24.3 Å². The molecule has 1 N–H and O–H groups in total. The largest absolute Gasteiger partial charge is 0.489 e. The lowest BCUT2D eigenvalue weighted by molar-refractivity contribution is 0.0697. The summed E-state index contributed by atoms with van der Waals surface area (Å²) in [4.78, 5) is 10.9. The van der Waals surface area contributed by atoms with Crippen molar-refractivity contribution in [1.29, 1.82) is 0 Å². The molecular formula is C17H16O4. The predicted molar refractivity (Wildman–Crippen MR) is 79.0 cm³/mol. The van der Waals surface area contributed by atoms with Crippen molar-refractivity contribution in [2.45, 2.75) is 6.92 Å². The molecule has 3 rings (SSSR count). The number of carboxylic acids is 1. The Balaban J connectivity index is 1.91. The molecule has 4 nitrogen and oxygen atoms in total. The highest BCUT2D eigenvalue weighted by Crippen LogP contribution is 2.34. The molecule has 21 heavy (non-hydrogen) atoms. The van der Waals surface area contributed by atoms with Crippen LogP contribution in [0.2, 0.25) is 0 Å². The van der Waals surface area contributed by atoms with Gasteiger partial charge in [0.05, 0.1) is 18.8 Å². The first-order chi connectivity index (χ1) is 10.1. The van der Waals surface area contributed by atoms with E-state index in [1.807, 2.05) is 18.2 Å². The van der Waals surface area contributed by atoms with Crippen LogP contribution in [0.25, 0.3) is 11.1 Å². The van der Waals surface area contributed by atoms with Gasteiger partial charge in [-0.1, -0.05) is 25.1 Å². The second-order valence-corrected chi connectivity index (χ2v) is 5.27. The summed E-state index contributed by atoms with van der Waals surface area (Å²) in [6, 6.07) is 12.6. The Morgan fingerprint density at radius 2 is 1.62 bits per heavy atom. The van der Waals surface area contributed by atoms with E-state index in [0.717, 1.165) is 22.6 Å². The highest BCUT2D eigenvalue weighted by molar-refractivity contribution is 5.88. The van der Waals surface area contributed by atoms with Gasteiger partial charge in [-0.15, -0.1) is 0 Å². The maximum atomic E-state index is 10.9. The molecule has 1 atom stereocenters. The third-order valence-corrected chi connectivity index (χ3v) is 3.46. The highest BCUT2D eigenvalue weighted by Gasteiger charge is 2.15. The van der Waals surface area contributed by atoms with Gasteiger partial charge in [0.2, 0.25) is 0 Å². The summed E-state index contributed by atoms with van der Waals surface area (Å²) < 4.78 is 11.5. The van der Waals surface area contributed by atoms with Crippen molar-refractivity contribution in [3.63, 3.8) is 0 Å². The quantitative estimate of drug-likeness (QED) is 0.917. The van der Waals surface area contributed by atoms with E-state index < -0.39 is 5.97 Å². The van der Waals surface area contributed by atoms with Gasteiger partial charge in [0.15, 0.2) is 11.5 Å². The van der Waals surface area contributed by atoms with Gasteiger partial charge in [-0.05, 0) is 35.4 Å². The average molecular weight is 284 g/mol. The van der Waals surface area contributed by atoms with Crippen LogP contribution >= 0.6 is 0 Å². The first-order valence-corrected chi connectivity index (χ1v) is 6.87. The minimum Gasteiger partial charge on any atom is -0.489 e. The fourth-order valence-corrected chi connectivity index (χ4v) is 2.24. The molecule has 0 spiro atoms. The fourth-order valence-electron chi connectivity index (χ4n) is 2.24. The van der Waals surface area contributed by atoms with Gasteiger partial charge < -0.3 is 14.6 Å². The minimum atomic E-state index is -0.922. The molecule has 0 aromatic heterocycles. The third-order valence-electron chi connectivity index (χ3n) is 3.46. The molecule has 4 heteroatoms. The lowest BCUT2D eigenvalue weighted by atomic mass is 10.0. The number of rotatable bonds is 2. The van der Waals surface area contributed by atoms with Crippen LogP contribution in [-0.2, 0) is 0 Å². The molecule has 1 aliphatic heterocycles. The molecular weight excluding hydrogens is 268 g/mol. The zero-order valence-corrected chi connectivity index (χ0v) is 11.7. The first kappa shape index (κ1) is 13.5. The van der Waals surface area contributed by atoms with Crippen molar-refractivity contribution in [3.05, 3.63) is 48.0 Å². The van der Waals surface area contributed by atoms with E-state index in [0.29, 0.717) is 19.1 Å². The predicted octanol–water partition coefficient (Wildman–Crippen LogP) is 3.46. The Kier molecular flexibility index (Phi) is 3.52. The second-order valence-electron chi connectivity index (χ2n) is 5.27. The number of carboxylic acid groups (broad SMARTS) is 1. The monoisotopic (exact) mass is 284 g/mol. The van der Waals surface area contributed by atoms with E-state index in [1.54, 1.807) is 24.3 Å². The Morgan fingerprint density at radius 3 is 2.29 bits per heavy atom. The van der Waals surface area contributed by atoms with E-state index in [2.05, 4.69) is 6.92 Å². The maximum Gasteiger partial charge on any atom is 0.335 e. The number of aromatic carboxylic acids is 1. The van der Waals surface area contributed by atoms with Crippen molar-refractivity contribution in [2.75, 3.05) is 13.2 Å². The normalized spacial score (nSPS) is 17.1. The summed E-state index contributed by atoms with van der Waals surface area (Å²) in [6.07, 6.45) is 0. The van der Waals surface area contributed by atoms with Crippen molar-refractivity contribution >= 4 is 5.97 Å². The standard InChI is InChI=1S/C17H16O4/c1-11-9-20-15-7-6-14(8-16(15)21-10-11)12-2-4-13(5-3-12)17(18)19/h2-8,11H,9-10H2,1H3,(H,18,19). The van der Waals surface area contributed by atoms with Crippen LogP contribution in [0.5, 0.6) is 11.5 Å². The molecule has 1 heterocycles. The number of fused-ring (bicyclic) bond motifs is 1. The summed E-state index contributed by atoms with van der Waals surface area (Å²) in [5.74, 6) is 0.925. The van der Waals surface area contributed by atoms with Crippen molar-refractivity contribution < 1.29 is 19.4 Å². The lowest BCUT2D eigenvalue weighted by Crippen LogP contribution is -2.12. The van der Waals surface area contributed by atoms with E-state index in [1.165, 1.54) is 0 Å². The Morgan fingerprint density at radius 1 is 1.00 bits per heavy atom. The summed E-state index contributed by atoms with van der Waals surface area (Å²) in [5, 5.41) is 8.92. The van der Waals surface area contributed by atoms with E-state index in [9.17, 15) is 4.79 Å². The van der Waals surface area contributed by atoms with E-state index in [-0.39, 0.29) is 5.56 Å². The van der Waals surface area contributed by atoms with Gasteiger partial charge in [-0.3, -0.25) is 0 Å².